The molecule has 10 aromatic rings. The van der Waals surface area contributed by atoms with Crippen LogP contribution in [0.2, 0.25) is 0 Å². The number of phenolic OH excluding ortho intramolecular Hbond substituents is 1. The van der Waals surface area contributed by atoms with Crippen molar-refractivity contribution in [2.24, 2.45) is 7.05 Å². The predicted molar refractivity (Wildman–Crippen MR) is 301 cm³/mol. The number of carboxylic acids is 2. The molecule has 11 rings (SSSR count). The highest BCUT2D eigenvalue weighted by Crippen LogP contribution is 2.39. The topological polar surface area (TPSA) is 190 Å². The average molecular weight is 1030 g/mol. The van der Waals surface area contributed by atoms with Crippen LogP contribution in [0.25, 0.3) is 61.3 Å². The van der Waals surface area contributed by atoms with Crippen molar-refractivity contribution in [1.29, 1.82) is 0 Å². The van der Waals surface area contributed by atoms with Gasteiger partial charge in [-0.25, -0.2) is 9.59 Å². The Kier molecular flexibility index (Phi) is 14.7. The Morgan fingerprint density at radius 3 is 2.05 bits per heavy atom. The molecule has 0 amide bonds. The van der Waals surface area contributed by atoms with Gasteiger partial charge in [-0.3, -0.25) is 4.79 Å². The Morgan fingerprint density at radius 1 is 0.727 bits per heavy atom. The van der Waals surface area contributed by atoms with Crippen molar-refractivity contribution in [3.05, 3.63) is 218 Å². The van der Waals surface area contributed by atoms with Crippen LogP contribution < -0.4 is 24.7 Å². The minimum atomic E-state index is -1.34. The second-order valence-corrected chi connectivity index (χ2v) is 19.3. The Balaban J connectivity index is 0.000000144. The number of hydrogen-bond donors (Lipinski definition) is 4. The number of fused-ring (bicyclic) bond motifs is 5. The first-order chi connectivity index (χ1) is 36.9. The molecular formula is C64H57N3O10. The number of carbonyl (C=O) groups is 2. The molecule has 0 radical (unpaired) electrons. The van der Waals surface area contributed by atoms with E-state index in [9.17, 15) is 39.9 Å². The second kappa shape index (κ2) is 21.7. The van der Waals surface area contributed by atoms with Gasteiger partial charge in [0.25, 0.3) is 0 Å². The van der Waals surface area contributed by atoms with E-state index in [1.54, 1.807) is 61.5 Å². The van der Waals surface area contributed by atoms with Crippen LogP contribution in [-0.2, 0) is 19.9 Å². The lowest BCUT2D eigenvalue weighted by Gasteiger charge is -2.21. The Labute approximate surface area is 444 Å². The number of nitrogens with zero attached hydrogens (tertiary/aromatic N) is 3. The summed E-state index contributed by atoms with van der Waals surface area (Å²) in [4.78, 5) is 37.3. The van der Waals surface area contributed by atoms with E-state index in [1.165, 1.54) is 63.1 Å². The van der Waals surface area contributed by atoms with Crippen molar-refractivity contribution in [3.8, 4) is 28.7 Å². The number of hydrogen-bond acceptors (Lipinski definition) is 9. The lowest BCUT2D eigenvalue weighted by Crippen LogP contribution is -2.32. The number of aromatic hydroxyl groups is 2. The first-order valence-corrected chi connectivity index (χ1v) is 24.9. The zero-order chi connectivity index (χ0) is 54.8. The van der Waals surface area contributed by atoms with Crippen molar-refractivity contribution in [1.82, 2.24) is 4.57 Å². The third kappa shape index (κ3) is 10.6. The maximum Gasteiger partial charge on any atom is 0.339 e. The quantitative estimate of drug-likeness (QED) is 0.0837. The summed E-state index contributed by atoms with van der Waals surface area (Å²) in [5.74, 6) is -2.66. The standard InChI is InChI=1S/C26H28N3.C23H16O6.C15H14O4/c1-19-17-21(20(2)29(19)24-9-7-6-8-10-24)11-13-23-14-12-22-18-25(27(3)4)15-16-26(22)28(23)5;24-20-16(14-7-3-1-5-12(14)9-18(20)22(26)27)11-17-15-8-4-2-6-13(15)10-19(21(17)25)23(28)29;1-8-3-4-10-12(18-7-8)6-13-14(15(10)17)11(16)5-9(2)19-13/h6-18H,1-5H3;1-10,24-25H,11H2,(H,26,27)(H,28,29);3,5-6,17H,4,7H2,1-2H3/q+1;;/p-1. The zero-order valence-electron chi connectivity index (χ0n) is 43.7. The van der Waals surface area contributed by atoms with Gasteiger partial charge in [-0.2, -0.15) is 4.57 Å². The Morgan fingerprint density at radius 2 is 1.38 bits per heavy atom. The fraction of sp³-hybridized carbons (Fsp3) is 0.156. The molecule has 0 fully saturated rings. The molecule has 0 aliphatic carbocycles. The molecule has 1 aliphatic rings. The van der Waals surface area contributed by atoms with Crippen LogP contribution in [0.1, 0.15) is 72.7 Å². The van der Waals surface area contributed by atoms with E-state index in [2.05, 4.69) is 128 Å². The highest BCUT2D eigenvalue weighted by Gasteiger charge is 2.22. The molecule has 0 unspecified atom stereocenters. The summed E-state index contributed by atoms with van der Waals surface area (Å²) < 4.78 is 15.7. The van der Waals surface area contributed by atoms with Crippen LogP contribution in [0.15, 0.2) is 160 Å². The van der Waals surface area contributed by atoms with Crippen LogP contribution in [0.3, 0.4) is 0 Å². The molecule has 0 atom stereocenters. The van der Waals surface area contributed by atoms with Crippen molar-refractivity contribution in [3.63, 3.8) is 0 Å². The minimum Gasteiger partial charge on any atom is -0.872 e. The van der Waals surface area contributed by atoms with Gasteiger partial charge in [0.1, 0.15) is 53.2 Å². The number of allylic oxidation sites excluding steroid dienone is 1. The van der Waals surface area contributed by atoms with Crippen LogP contribution >= 0.6 is 0 Å². The minimum absolute atomic E-state index is 0.0350. The molecule has 388 valence electrons. The summed E-state index contributed by atoms with van der Waals surface area (Å²) in [6.07, 6.45) is 6.87. The molecule has 77 heavy (non-hydrogen) atoms. The van der Waals surface area contributed by atoms with Gasteiger partial charge in [-0.1, -0.05) is 78.6 Å². The highest BCUT2D eigenvalue weighted by molar-refractivity contribution is 6.02. The van der Waals surface area contributed by atoms with Gasteiger partial charge in [-0.15, -0.1) is 0 Å². The third-order valence-corrected chi connectivity index (χ3v) is 14.0. The number of aromatic carboxylic acids is 2. The number of ether oxygens (including phenoxy) is 1. The Hall–Kier alpha value is -9.62. The lowest BCUT2D eigenvalue weighted by atomic mass is 9.90. The molecule has 3 aromatic heterocycles. The van der Waals surface area contributed by atoms with Gasteiger partial charge >= 0.3 is 11.9 Å². The molecule has 1 aliphatic heterocycles. The van der Waals surface area contributed by atoms with E-state index < -0.39 is 23.4 Å². The first kappa shape index (κ1) is 52.3. The fourth-order valence-electron chi connectivity index (χ4n) is 9.92. The molecule has 0 spiro atoms. The van der Waals surface area contributed by atoms with E-state index in [0.29, 0.717) is 57.2 Å². The molecule has 4 N–H and O–H groups in total. The first-order valence-electron chi connectivity index (χ1n) is 24.9. The van der Waals surface area contributed by atoms with Gasteiger partial charge in [-0.05, 0) is 127 Å². The average Bonchev–Trinajstić information content (AvgIpc) is 3.57. The summed E-state index contributed by atoms with van der Waals surface area (Å²) >= 11 is 0. The number of aryl methyl sites for hydroxylation is 3. The summed E-state index contributed by atoms with van der Waals surface area (Å²) in [6.45, 7) is 8.50. The van der Waals surface area contributed by atoms with Gasteiger partial charge in [0, 0.05) is 90.1 Å². The van der Waals surface area contributed by atoms with E-state index in [1.807, 2.05) is 13.0 Å². The predicted octanol–water partition coefficient (Wildman–Crippen LogP) is 11.8. The van der Waals surface area contributed by atoms with Crippen molar-refractivity contribution in [2.75, 3.05) is 25.6 Å². The van der Waals surface area contributed by atoms with Gasteiger partial charge in [0.15, 0.2) is 5.43 Å². The second-order valence-electron chi connectivity index (χ2n) is 19.3. The smallest absolute Gasteiger partial charge is 0.339 e. The van der Waals surface area contributed by atoms with Crippen molar-refractivity contribution >= 4 is 73.2 Å². The van der Waals surface area contributed by atoms with Gasteiger partial charge in [0.05, 0.1) is 5.56 Å². The SMILES string of the molecule is CC1=CCc2c(cc3oc(C)cc(=O)c3c2O)OC1.Cc1cc(C=Cc2ccc3cc(N(C)C)ccc3[n+]2C)c(C)n1-c1ccccc1.O=C(O)c1cc2ccccc2c(Cc2c(O)c(C(=O)O)cc3ccccc23)c1[O-]. The van der Waals surface area contributed by atoms with Crippen LogP contribution in [0.4, 0.5) is 5.69 Å². The zero-order valence-corrected chi connectivity index (χ0v) is 43.7. The fourth-order valence-corrected chi connectivity index (χ4v) is 9.92. The largest absolute Gasteiger partial charge is 0.872 e. The summed E-state index contributed by atoms with van der Waals surface area (Å²) in [5.41, 5.74) is 10.3. The summed E-state index contributed by atoms with van der Waals surface area (Å²) in [7, 11) is 6.28. The number of phenols is 2. The highest BCUT2D eigenvalue weighted by atomic mass is 16.5. The van der Waals surface area contributed by atoms with E-state index >= 15 is 0 Å². The molecule has 0 bridgehead atoms. The number of anilines is 1. The molecule has 13 heteroatoms. The maximum absolute atomic E-state index is 12.9. The molecule has 4 heterocycles. The number of pyridine rings is 1. The van der Waals surface area contributed by atoms with Gasteiger partial charge < -0.3 is 44.2 Å². The summed E-state index contributed by atoms with van der Waals surface area (Å²) in [5, 5.41) is 56.6. The van der Waals surface area contributed by atoms with E-state index in [4.69, 9.17) is 9.15 Å². The van der Waals surface area contributed by atoms with Gasteiger partial charge in [0.2, 0.25) is 11.2 Å². The maximum atomic E-state index is 12.9. The molecule has 7 aromatic carbocycles. The number of aromatic nitrogens is 2. The molecular weight excluding hydrogens is 971 g/mol. The van der Waals surface area contributed by atoms with Crippen LogP contribution in [0.5, 0.6) is 23.0 Å². The monoisotopic (exact) mass is 1030 g/mol. The summed E-state index contributed by atoms with van der Waals surface area (Å²) in [6, 6.07) is 43.4. The van der Waals surface area contributed by atoms with Crippen LogP contribution in [-0.4, -0.2) is 57.6 Å². The van der Waals surface area contributed by atoms with Crippen LogP contribution in [0, 0.1) is 20.8 Å². The van der Waals surface area contributed by atoms with E-state index in [-0.39, 0.29) is 45.2 Å². The normalized spacial score (nSPS) is 12.1. The number of benzene rings is 7. The number of para-hydroxylation sites is 1. The molecule has 0 saturated heterocycles. The van der Waals surface area contributed by atoms with Crippen molar-refractivity contribution in [2.45, 2.75) is 40.5 Å². The lowest BCUT2D eigenvalue weighted by molar-refractivity contribution is -0.646. The number of carboxylic acid groups (broad SMARTS) is 2. The molecule has 13 nitrogen and oxygen atoms in total. The Bertz CT molecular complexity index is 3990. The van der Waals surface area contributed by atoms with Crippen molar-refractivity contribution < 1.29 is 48.8 Å². The van der Waals surface area contributed by atoms with E-state index in [0.717, 1.165) is 5.57 Å². The number of rotatable bonds is 8. The third-order valence-electron chi connectivity index (χ3n) is 14.0. The molecule has 0 saturated carbocycles.